The van der Waals surface area contributed by atoms with E-state index < -0.39 is 17.5 Å². The molecule has 0 saturated carbocycles. The third-order valence-corrected chi connectivity index (χ3v) is 3.05. The highest BCUT2D eigenvalue weighted by Gasteiger charge is 2.15. The molecule has 22 heavy (non-hydrogen) atoms. The fourth-order valence-corrected chi connectivity index (χ4v) is 1.91. The third kappa shape index (κ3) is 3.46. The van der Waals surface area contributed by atoms with Crippen molar-refractivity contribution in [3.63, 3.8) is 0 Å². The minimum Gasteiger partial charge on any atom is -0.326 e. The molecule has 0 heterocycles. The fourth-order valence-electron chi connectivity index (χ4n) is 1.91. The van der Waals surface area contributed by atoms with E-state index in [2.05, 4.69) is 5.32 Å². The number of benzene rings is 2. The Hall–Kier alpha value is -2.76. The molecule has 2 aromatic carbocycles. The summed E-state index contributed by atoms with van der Waals surface area (Å²) in [6.45, 7) is 1.40. The molecule has 0 spiro atoms. The van der Waals surface area contributed by atoms with Crippen LogP contribution < -0.4 is 10.2 Å². The molecule has 0 radical (unpaired) electrons. The molecule has 2 aromatic rings. The van der Waals surface area contributed by atoms with Crippen molar-refractivity contribution >= 4 is 23.2 Å². The number of hydrogen-bond acceptors (Lipinski definition) is 2. The molecule has 0 aromatic heterocycles. The molecular formula is C16H14F2N2O2. The van der Waals surface area contributed by atoms with E-state index in [1.165, 1.54) is 24.9 Å². The van der Waals surface area contributed by atoms with Crippen molar-refractivity contribution in [2.45, 2.75) is 6.92 Å². The number of amides is 2. The Morgan fingerprint density at radius 1 is 1.00 bits per heavy atom. The van der Waals surface area contributed by atoms with E-state index in [1.54, 1.807) is 24.3 Å². The molecular weight excluding hydrogens is 290 g/mol. The lowest BCUT2D eigenvalue weighted by Crippen LogP contribution is -2.26. The maximum Gasteiger partial charge on any atom is 0.258 e. The van der Waals surface area contributed by atoms with E-state index in [0.717, 1.165) is 12.1 Å². The number of rotatable bonds is 3. The van der Waals surface area contributed by atoms with Gasteiger partial charge in [0.05, 0.1) is 0 Å². The summed E-state index contributed by atoms with van der Waals surface area (Å²) in [6, 6.07) is 9.57. The predicted octanol–water partition coefficient (Wildman–Crippen LogP) is 3.20. The highest BCUT2D eigenvalue weighted by molar-refractivity contribution is 6.05. The van der Waals surface area contributed by atoms with Crippen LogP contribution in [0.5, 0.6) is 0 Å². The topological polar surface area (TPSA) is 49.4 Å². The summed E-state index contributed by atoms with van der Waals surface area (Å²) in [6.07, 6.45) is 0. The fraction of sp³-hybridized carbons (Fsp3) is 0.125. The van der Waals surface area contributed by atoms with Gasteiger partial charge in [-0.05, 0) is 42.5 Å². The molecule has 2 amide bonds. The van der Waals surface area contributed by atoms with Crippen LogP contribution in [0, 0.1) is 11.6 Å². The molecule has 0 atom stereocenters. The number of nitrogens with zero attached hydrogens (tertiary/aromatic N) is 1. The highest BCUT2D eigenvalue weighted by atomic mass is 19.2. The van der Waals surface area contributed by atoms with Crippen LogP contribution in [-0.4, -0.2) is 18.9 Å². The van der Waals surface area contributed by atoms with Crippen molar-refractivity contribution in [3.05, 3.63) is 59.7 Å². The lowest BCUT2D eigenvalue weighted by Gasteiger charge is -2.18. The molecule has 2 rings (SSSR count). The van der Waals surface area contributed by atoms with Crippen molar-refractivity contribution in [3.8, 4) is 0 Å². The standard InChI is InChI=1S/C16H14F2N2O2/c1-10(21)19-12-4-6-13(7-5-12)20(2)16(22)11-3-8-14(17)15(18)9-11/h3-9H,1-2H3,(H,19,21). The van der Waals surface area contributed by atoms with Gasteiger partial charge < -0.3 is 10.2 Å². The van der Waals surface area contributed by atoms with Crippen LogP contribution in [0.25, 0.3) is 0 Å². The van der Waals surface area contributed by atoms with E-state index in [4.69, 9.17) is 0 Å². The van der Waals surface area contributed by atoms with Crippen molar-refractivity contribution in [2.24, 2.45) is 0 Å². The Morgan fingerprint density at radius 2 is 1.64 bits per heavy atom. The summed E-state index contributed by atoms with van der Waals surface area (Å²) in [7, 11) is 1.52. The minimum atomic E-state index is -1.07. The zero-order valence-corrected chi connectivity index (χ0v) is 12.1. The lowest BCUT2D eigenvalue weighted by molar-refractivity contribution is -0.114. The maximum atomic E-state index is 13.2. The van der Waals surface area contributed by atoms with Gasteiger partial charge in [-0.25, -0.2) is 8.78 Å². The first kappa shape index (κ1) is 15.6. The smallest absolute Gasteiger partial charge is 0.258 e. The van der Waals surface area contributed by atoms with E-state index >= 15 is 0 Å². The van der Waals surface area contributed by atoms with E-state index in [0.29, 0.717) is 11.4 Å². The van der Waals surface area contributed by atoms with Gasteiger partial charge in [0.1, 0.15) is 0 Å². The summed E-state index contributed by atoms with van der Waals surface area (Å²) in [5.41, 5.74) is 1.21. The molecule has 1 N–H and O–H groups in total. The monoisotopic (exact) mass is 304 g/mol. The maximum absolute atomic E-state index is 13.2. The predicted molar refractivity (Wildman–Crippen MR) is 79.8 cm³/mol. The molecule has 0 unspecified atom stereocenters. The molecule has 0 fully saturated rings. The van der Waals surface area contributed by atoms with Gasteiger partial charge in [-0.15, -0.1) is 0 Å². The highest BCUT2D eigenvalue weighted by Crippen LogP contribution is 2.19. The summed E-state index contributed by atoms with van der Waals surface area (Å²) >= 11 is 0. The molecule has 0 aliphatic heterocycles. The number of carbonyl (C=O) groups excluding carboxylic acids is 2. The van der Waals surface area contributed by atoms with Gasteiger partial charge in [0.15, 0.2) is 11.6 Å². The summed E-state index contributed by atoms with van der Waals surface area (Å²) < 4.78 is 26.1. The Morgan fingerprint density at radius 3 is 2.18 bits per heavy atom. The van der Waals surface area contributed by atoms with Gasteiger partial charge in [0, 0.05) is 30.9 Å². The summed E-state index contributed by atoms with van der Waals surface area (Å²) in [4.78, 5) is 24.5. The number of halogens is 2. The van der Waals surface area contributed by atoms with Gasteiger partial charge in [0.25, 0.3) is 5.91 Å². The number of carbonyl (C=O) groups is 2. The quantitative estimate of drug-likeness (QED) is 0.946. The molecule has 0 aliphatic carbocycles. The molecule has 0 aliphatic rings. The van der Waals surface area contributed by atoms with E-state index in [-0.39, 0.29) is 11.5 Å². The SMILES string of the molecule is CC(=O)Nc1ccc(N(C)C(=O)c2ccc(F)c(F)c2)cc1. The average molecular weight is 304 g/mol. The average Bonchev–Trinajstić information content (AvgIpc) is 2.49. The zero-order chi connectivity index (χ0) is 16.3. The van der Waals surface area contributed by atoms with Crippen LogP contribution in [0.3, 0.4) is 0 Å². The minimum absolute atomic E-state index is 0.0485. The molecule has 0 saturated heterocycles. The van der Waals surface area contributed by atoms with Crippen LogP contribution >= 0.6 is 0 Å². The second-order valence-corrected chi connectivity index (χ2v) is 4.72. The van der Waals surface area contributed by atoms with Gasteiger partial charge in [-0.1, -0.05) is 0 Å². The summed E-state index contributed by atoms with van der Waals surface area (Å²) in [5.74, 6) is -2.73. The summed E-state index contributed by atoms with van der Waals surface area (Å²) in [5, 5.41) is 2.61. The first-order valence-electron chi connectivity index (χ1n) is 6.49. The number of nitrogens with one attached hydrogen (secondary N) is 1. The Kier molecular flexibility index (Phi) is 4.50. The second kappa shape index (κ2) is 6.34. The Balaban J connectivity index is 2.19. The zero-order valence-electron chi connectivity index (χ0n) is 12.1. The van der Waals surface area contributed by atoms with Crippen LogP contribution in [0.1, 0.15) is 17.3 Å². The largest absolute Gasteiger partial charge is 0.326 e. The number of hydrogen-bond donors (Lipinski definition) is 1. The van der Waals surface area contributed by atoms with Crippen LogP contribution in [0.4, 0.5) is 20.2 Å². The Labute approximate surface area is 126 Å². The van der Waals surface area contributed by atoms with Crippen LogP contribution in [0.15, 0.2) is 42.5 Å². The number of anilines is 2. The van der Waals surface area contributed by atoms with Crippen molar-refractivity contribution in [1.29, 1.82) is 0 Å². The van der Waals surface area contributed by atoms with Gasteiger partial charge in [-0.3, -0.25) is 9.59 Å². The van der Waals surface area contributed by atoms with Crippen molar-refractivity contribution < 1.29 is 18.4 Å². The van der Waals surface area contributed by atoms with E-state index in [9.17, 15) is 18.4 Å². The van der Waals surface area contributed by atoms with Gasteiger partial charge in [0.2, 0.25) is 5.91 Å². The normalized spacial score (nSPS) is 10.2. The first-order valence-corrected chi connectivity index (χ1v) is 6.49. The van der Waals surface area contributed by atoms with E-state index in [1.807, 2.05) is 0 Å². The molecule has 0 bridgehead atoms. The van der Waals surface area contributed by atoms with Gasteiger partial charge >= 0.3 is 0 Å². The van der Waals surface area contributed by atoms with Crippen molar-refractivity contribution in [1.82, 2.24) is 0 Å². The molecule has 114 valence electrons. The molecule has 4 nitrogen and oxygen atoms in total. The second-order valence-electron chi connectivity index (χ2n) is 4.72. The third-order valence-electron chi connectivity index (χ3n) is 3.05. The van der Waals surface area contributed by atoms with Crippen LogP contribution in [-0.2, 0) is 4.79 Å². The Bertz CT molecular complexity index is 715. The van der Waals surface area contributed by atoms with Crippen molar-refractivity contribution in [2.75, 3.05) is 17.3 Å². The molecule has 6 heteroatoms. The van der Waals surface area contributed by atoms with Gasteiger partial charge in [-0.2, -0.15) is 0 Å². The van der Waals surface area contributed by atoms with Crippen LogP contribution in [0.2, 0.25) is 0 Å². The lowest BCUT2D eigenvalue weighted by atomic mass is 10.1. The first-order chi connectivity index (χ1) is 10.4.